The second kappa shape index (κ2) is 6.77. The van der Waals surface area contributed by atoms with Crippen molar-refractivity contribution in [1.29, 1.82) is 0 Å². The van der Waals surface area contributed by atoms with Crippen molar-refractivity contribution in [2.24, 2.45) is 0 Å². The maximum atomic E-state index is 12.6. The van der Waals surface area contributed by atoms with Crippen LogP contribution in [0.2, 0.25) is 0 Å². The quantitative estimate of drug-likeness (QED) is 0.837. The first-order chi connectivity index (χ1) is 9.93. The van der Waals surface area contributed by atoms with E-state index in [0.717, 1.165) is 12.8 Å². The molecular weight excluding hydrogens is 290 g/mol. The lowest BCUT2D eigenvalue weighted by atomic mass is 10.1. The Bertz CT molecular complexity index is 546. The van der Waals surface area contributed by atoms with Gasteiger partial charge in [0.1, 0.15) is 5.75 Å². The summed E-state index contributed by atoms with van der Waals surface area (Å²) in [5.41, 5.74) is 0. The number of piperidine rings is 1. The van der Waals surface area contributed by atoms with Gasteiger partial charge in [0.05, 0.1) is 17.1 Å². The van der Waals surface area contributed by atoms with Crippen molar-refractivity contribution in [1.82, 2.24) is 4.31 Å². The minimum Gasteiger partial charge on any atom is -0.491 e. The maximum absolute atomic E-state index is 12.6. The average Bonchev–Trinajstić information content (AvgIpc) is 2.47. The molecule has 1 saturated heterocycles. The number of ether oxygens (including phenoxy) is 2. The first-order valence-electron chi connectivity index (χ1n) is 7.23. The molecule has 0 N–H and O–H groups in total. The predicted octanol–water partition coefficient (Wildman–Crippen LogP) is 2.27. The van der Waals surface area contributed by atoms with E-state index in [-0.39, 0.29) is 12.2 Å². The van der Waals surface area contributed by atoms with Gasteiger partial charge in [-0.3, -0.25) is 0 Å². The van der Waals surface area contributed by atoms with Crippen LogP contribution >= 0.6 is 0 Å². The average molecular weight is 313 g/mol. The van der Waals surface area contributed by atoms with Gasteiger partial charge in [-0.15, -0.1) is 0 Å². The molecule has 0 radical (unpaired) electrons. The summed E-state index contributed by atoms with van der Waals surface area (Å²) in [7, 11) is -1.75. The molecule has 5 nitrogen and oxygen atoms in total. The Morgan fingerprint density at radius 1 is 1.14 bits per heavy atom. The fourth-order valence-corrected chi connectivity index (χ4v) is 3.89. The summed E-state index contributed by atoms with van der Waals surface area (Å²) < 4.78 is 37.5. The van der Waals surface area contributed by atoms with Gasteiger partial charge < -0.3 is 9.47 Å². The number of nitrogens with zero attached hydrogens (tertiary/aromatic N) is 1. The molecule has 1 aromatic rings. The van der Waals surface area contributed by atoms with Crippen LogP contribution in [0.4, 0.5) is 0 Å². The zero-order valence-electron chi connectivity index (χ0n) is 12.8. The third-order valence-electron chi connectivity index (χ3n) is 3.57. The summed E-state index contributed by atoms with van der Waals surface area (Å²) >= 11 is 0. The fraction of sp³-hybridized carbons (Fsp3) is 0.600. The van der Waals surface area contributed by atoms with Gasteiger partial charge >= 0.3 is 0 Å². The van der Waals surface area contributed by atoms with Crippen molar-refractivity contribution in [3.8, 4) is 5.75 Å². The summed E-state index contributed by atoms with van der Waals surface area (Å²) in [6.07, 6.45) is 1.72. The van der Waals surface area contributed by atoms with Crippen LogP contribution in [0, 0.1) is 0 Å². The van der Waals surface area contributed by atoms with Crippen LogP contribution in [0.5, 0.6) is 5.75 Å². The van der Waals surface area contributed by atoms with Gasteiger partial charge in [-0.05, 0) is 51.0 Å². The lowest BCUT2D eigenvalue weighted by molar-refractivity contribution is 0.0604. The van der Waals surface area contributed by atoms with Crippen LogP contribution in [0.25, 0.3) is 0 Å². The predicted molar refractivity (Wildman–Crippen MR) is 81.0 cm³/mol. The first-order valence-corrected chi connectivity index (χ1v) is 8.67. The SMILES string of the molecule is COC1CCN(S(=O)(=O)c2ccc(OC(C)C)cc2)CC1. The molecule has 0 bridgehead atoms. The van der Waals surface area contributed by atoms with Crippen molar-refractivity contribution < 1.29 is 17.9 Å². The van der Waals surface area contributed by atoms with E-state index in [2.05, 4.69) is 0 Å². The van der Waals surface area contributed by atoms with Gasteiger partial charge in [-0.2, -0.15) is 4.31 Å². The Balaban J connectivity index is 2.09. The highest BCUT2D eigenvalue weighted by molar-refractivity contribution is 7.89. The van der Waals surface area contributed by atoms with E-state index in [1.54, 1.807) is 31.4 Å². The summed E-state index contributed by atoms with van der Waals surface area (Å²) in [6.45, 7) is 4.88. The van der Waals surface area contributed by atoms with Crippen LogP contribution in [0.1, 0.15) is 26.7 Å². The molecular formula is C15H23NO4S. The van der Waals surface area contributed by atoms with Crippen molar-refractivity contribution in [3.63, 3.8) is 0 Å². The largest absolute Gasteiger partial charge is 0.491 e. The minimum absolute atomic E-state index is 0.0699. The first kappa shape index (κ1) is 16.3. The fourth-order valence-electron chi connectivity index (χ4n) is 2.42. The molecule has 0 spiro atoms. The highest BCUT2D eigenvalue weighted by Gasteiger charge is 2.29. The minimum atomic E-state index is -3.42. The highest BCUT2D eigenvalue weighted by atomic mass is 32.2. The van der Waals surface area contributed by atoms with E-state index in [9.17, 15) is 8.42 Å². The standard InChI is InChI=1S/C15H23NO4S/c1-12(2)20-14-4-6-15(7-5-14)21(17,18)16-10-8-13(19-3)9-11-16/h4-7,12-13H,8-11H2,1-3H3. The summed E-state index contributed by atoms with van der Waals surface area (Å²) in [6, 6.07) is 6.62. The van der Waals surface area contributed by atoms with Crippen molar-refractivity contribution in [2.45, 2.75) is 43.8 Å². The number of hydrogen-bond acceptors (Lipinski definition) is 4. The normalized spacial score (nSPS) is 18.1. The zero-order chi connectivity index (χ0) is 15.5. The molecule has 2 rings (SSSR count). The molecule has 21 heavy (non-hydrogen) atoms. The smallest absolute Gasteiger partial charge is 0.243 e. The lowest BCUT2D eigenvalue weighted by Crippen LogP contribution is -2.40. The van der Waals surface area contributed by atoms with E-state index in [0.29, 0.717) is 23.7 Å². The Morgan fingerprint density at radius 2 is 1.71 bits per heavy atom. The molecule has 6 heteroatoms. The molecule has 0 amide bonds. The maximum Gasteiger partial charge on any atom is 0.243 e. The Kier molecular flexibility index (Phi) is 5.24. The number of methoxy groups -OCH3 is 1. The van der Waals surface area contributed by atoms with Crippen LogP contribution in [-0.4, -0.2) is 45.1 Å². The van der Waals surface area contributed by atoms with Gasteiger partial charge in [-0.1, -0.05) is 0 Å². The van der Waals surface area contributed by atoms with Gasteiger partial charge in [0.25, 0.3) is 0 Å². The third-order valence-corrected chi connectivity index (χ3v) is 5.48. The number of sulfonamides is 1. The Labute approximate surface area is 126 Å². The molecule has 1 fully saturated rings. The van der Waals surface area contributed by atoms with Crippen LogP contribution in [0.3, 0.4) is 0 Å². The van der Waals surface area contributed by atoms with Crippen LogP contribution in [-0.2, 0) is 14.8 Å². The Hall–Kier alpha value is -1.11. The van der Waals surface area contributed by atoms with E-state index in [1.165, 1.54) is 4.31 Å². The van der Waals surface area contributed by atoms with Gasteiger partial charge in [0.2, 0.25) is 10.0 Å². The summed E-state index contributed by atoms with van der Waals surface area (Å²) in [4.78, 5) is 0.314. The number of rotatable bonds is 5. The van der Waals surface area contributed by atoms with Crippen molar-refractivity contribution in [2.75, 3.05) is 20.2 Å². The van der Waals surface area contributed by atoms with Crippen molar-refractivity contribution in [3.05, 3.63) is 24.3 Å². The van der Waals surface area contributed by atoms with E-state index in [1.807, 2.05) is 13.8 Å². The Morgan fingerprint density at radius 3 is 2.19 bits per heavy atom. The molecule has 0 atom stereocenters. The van der Waals surface area contributed by atoms with Crippen molar-refractivity contribution >= 4 is 10.0 Å². The molecule has 1 heterocycles. The summed E-state index contributed by atoms with van der Waals surface area (Å²) in [5.74, 6) is 0.682. The molecule has 1 aromatic carbocycles. The van der Waals surface area contributed by atoms with E-state index in [4.69, 9.17) is 9.47 Å². The van der Waals surface area contributed by atoms with Gasteiger partial charge in [-0.25, -0.2) is 8.42 Å². The third kappa shape index (κ3) is 3.96. The summed E-state index contributed by atoms with van der Waals surface area (Å²) in [5, 5.41) is 0. The lowest BCUT2D eigenvalue weighted by Gasteiger charge is -2.30. The molecule has 0 aromatic heterocycles. The molecule has 1 aliphatic heterocycles. The van der Waals surface area contributed by atoms with Gasteiger partial charge in [0, 0.05) is 20.2 Å². The molecule has 0 aliphatic carbocycles. The zero-order valence-corrected chi connectivity index (χ0v) is 13.6. The molecule has 0 saturated carbocycles. The van der Waals surface area contributed by atoms with E-state index < -0.39 is 10.0 Å². The van der Waals surface area contributed by atoms with Gasteiger partial charge in [0.15, 0.2) is 0 Å². The van der Waals surface area contributed by atoms with E-state index >= 15 is 0 Å². The van der Waals surface area contributed by atoms with Crippen LogP contribution in [0.15, 0.2) is 29.2 Å². The highest BCUT2D eigenvalue weighted by Crippen LogP contribution is 2.23. The molecule has 1 aliphatic rings. The molecule has 0 unspecified atom stereocenters. The second-order valence-electron chi connectivity index (χ2n) is 5.48. The monoisotopic (exact) mass is 313 g/mol. The number of benzene rings is 1. The topological polar surface area (TPSA) is 55.8 Å². The second-order valence-corrected chi connectivity index (χ2v) is 7.42. The van der Waals surface area contributed by atoms with Crippen LogP contribution < -0.4 is 4.74 Å². The molecule has 118 valence electrons. The number of hydrogen-bond donors (Lipinski definition) is 0.